The van der Waals surface area contributed by atoms with Gasteiger partial charge in [0, 0.05) is 18.4 Å². The van der Waals surface area contributed by atoms with Gasteiger partial charge in [-0.3, -0.25) is 4.68 Å². The van der Waals surface area contributed by atoms with Crippen molar-refractivity contribution in [1.82, 2.24) is 9.78 Å². The zero-order valence-corrected chi connectivity index (χ0v) is 12.1. The molecule has 0 saturated carbocycles. The maximum absolute atomic E-state index is 10.4. The molecular formula is C15H20N2OS. The first-order chi connectivity index (χ1) is 9.29. The number of hydrogen-bond acceptors (Lipinski definition) is 3. The fourth-order valence-corrected chi connectivity index (χ4v) is 4.14. The first-order valence-electron chi connectivity index (χ1n) is 7.00. The number of para-hydroxylation sites is 1. The predicted molar refractivity (Wildman–Crippen MR) is 80.5 cm³/mol. The number of nitrogens with zero attached hydrogens (tertiary/aromatic N) is 2. The van der Waals surface area contributed by atoms with Gasteiger partial charge in [0.25, 0.3) is 0 Å². The zero-order chi connectivity index (χ0) is 13.2. The molecule has 3 nitrogen and oxygen atoms in total. The van der Waals surface area contributed by atoms with Gasteiger partial charge in [-0.2, -0.15) is 16.9 Å². The van der Waals surface area contributed by atoms with E-state index < -0.39 is 0 Å². The molecule has 2 unspecified atom stereocenters. The number of fused-ring (bicyclic) bond motifs is 1. The van der Waals surface area contributed by atoms with E-state index in [1.807, 2.05) is 28.6 Å². The van der Waals surface area contributed by atoms with Crippen molar-refractivity contribution in [1.29, 1.82) is 0 Å². The topological polar surface area (TPSA) is 38.0 Å². The molecule has 0 radical (unpaired) electrons. The van der Waals surface area contributed by atoms with E-state index in [2.05, 4.69) is 24.2 Å². The van der Waals surface area contributed by atoms with Crippen LogP contribution in [-0.2, 0) is 13.0 Å². The SMILES string of the molecule is CCn1nc(CC(O)C2CCSC2)c2ccccc21. The van der Waals surface area contributed by atoms with Gasteiger partial charge in [0.2, 0.25) is 0 Å². The van der Waals surface area contributed by atoms with Crippen LogP contribution in [0.2, 0.25) is 0 Å². The number of rotatable bonds is 4. The maximum atomic E-state index is 10.4. The van der Waals surface area contributed by atoms with Crippen molar-refractivity contribution in [3.8, 4) is 0 Å². The third-order valence-corrected chi connectivity index (χ3v) is 5.13. The summed E-state index contributed by atoms with van der Waals surface area (Å²) in [5.74, 6) is 2.72. The highest BCUT2D eigenvalue weighted by Crippen LogP contribution is 2.29. The standard InChI is InChI=1S/C15H20N2OS/c1-2-17-14-6-4-3-5-12(14)13(16-17)9-15(18)11-7-8-19-10-11/h3-6,11,15,18H,2,7-10H2,1H3. The minimum absolute atomic E-state index is 0.251. The summed E-state index contributed by atoms with van der Waals surface area (Å²) in [5, 5.41) is 16.2. The molecule has 0 aliphatic carbocycles. The third-order valence-electron chi connectivity index (χ3n) is 3.95. The first kappa shape index (κ1) is 13.0. The van der Waals surface area contributed by atoms with Gasteiger partial charge in [-0.15, -0.1) is 0 Å². The summed E-state index contributed by atoms with van der Waals surface area (Å²) in [6.07, 6.45) is 1.57. The molecule has 1 saturated heterocycles. The van der Waals surface area contributed by atoms with Crippen LogP contribution in [0.5, 0.6) is 0 Å². The summed E-state index contributed by atoms with van der Waals surface area (Å²) in [4.78, 5) is 0. The third kappa shape index (κ3) is 2.51. The second kappa shape index (κ2) is 5.55. The van der Waals surface area contributed by atoms with Crippen LogP contribution in [0.4, 0.5) is 0 Å². The van der Waals surface area contributed by atoms with E-state index in [4.69, 9.17) is 0 Å². The van der Waals surface area contributed by atoms with Crippen LogP contribution in [0.15, 0.2) is 24.3 Å². The molecule has 0 spiro atoms. The highest BCUT2D eigenvalue weighted by Gasteiger charge is 2.25. The molecular weight excluding hydrogens is 256 g/mol. The van der Waals surface area contributed by atoms with E-state index in [-0.39, 0.29) is 6.10 Å². The van der Waals surface area contributed by atoms with E-state index in [0.717, 1.165) is 24.4 Å². The van der Waals surface area contributed by atoms with Crippen molar-refractivity contribution in [3.63, 3.8) is 0 Å². The number of benzene rings is 1. The molecule has 19 heavy (non-hydrogen) atoms. The molecule has 1 aliphatic rings. The lowest BCUT2D eigenvalue weighted by molar-refractivity contribution is 0.119. The Hall–Kier alpha value is -1.00. The Bertz CT molecular complexity index is 560. The van der Waals surface area contributed by atoms with Gasteiger partial charge in [0.05, 0.1) is 17.3 Å². The van der Waals surface area contributed by atoms with Crippen LogP contribution in [0.25, 0.3) is 10.9 Å². The summed E-state index contributed by atoms with van der Waals surface area (Å²) in [6.45, 7) is 2.98. The molecule has 2 aromatic rings. The molecule has 2 atom stereocenters. The lowest BCUT2D eigenvalue weighted by Crippen LogP contribution is -2.22. The van der Waals surface area contributed by atoms with Crippen LogP contribution in [0.3, 0.4) is 0 Å². The lowest BCUT2D eigenvalue weighted by atomic mass is 9.97. The zero-order valence-electron chi connectivity index (χ0n) is 11.2. The Kier molecular flexibility index (Phi) is 3.80. The molecule has 102 valence electrons. The van der Waals surface area contributed by atoms with Crippen LogP contribution >= 0.6 is 11.8 Å². The number of thioether (sulfide) groups is 1. The summed E-state index contributed by atoms with van der Waals surface area (Å²) in [6, 6.07) is 8.31. The molecule has 1 N–H and O–H groups in total. The number of aliphatic hydroxyl groups is 1. The smallest absolute Gasteiger partial charge is 0.0729 e. The summed E-state index contributed by atoms with van der Waals surface area (Å²) >= 11 is 1.95. The van der Waals surface area contributed by atoms with Gasteiger partial charge in [-0.05, 0) is 36.8 Å². The van der Waals surface area contributed by atoms with Crippen molar-refractivity contribution >= 4 is 22.7 Å². The second-order valence-corrected chi connectivity index (χ2v) is 6.32. The van der Waals surface area contributed by atoms with Crippen molar-refractivity contribution < 1.29 is 5.11 Å². The van der Waals surface area contributed by atoms with Gasteiger partial charge in [-0.25, -0.2) is 0 Å². The Labute approximate surface area is 118 Å². The summed E-state index contributed by atoms with van der Waals surface area (Å²) in [5.41, 5.74) is 2.22. The Balaban J connectivity index is 1.87. The molecule has 1 fully saturated rings. The van der Waals surface area contributed by atoms with Gasteiger partial charge >= 0.3 is 0 Å². The fraction of sp³-hybridized carbons (Fsp3) is 0.533. The van der Waals surface area contributed by atoms with Gasteiger partial charge < -0.3 is 5.11 Å². The molecule has 1 aliphatic heterocycles. The number of aromatic nitrogens is 2. The molecule has 2 heterocycles. The van der Waals surface area contributed by atoms with Crippen LogP contribution in [-0.4, -0.2) is 32.5 Å². The monoisotopic (exact) mass is 276 g/mol. The van der Waals surface area contributed by atoms with E-state index in [1.165, 1.54) is 16.7 Å². The highest BCUT2D eigenvalue weighted by molar-refractivity contribution is 7.99. The Morgan fingerprint density at radius 3 is 3.05 bits per heavy atom. The van der Waals surface area contributed by atoms with Crippen molar-refractivity contribution in [3.05, 3.63) is 30.0 Å². The number of hydrogen-bond donors (Lipinski definition) is 1. The molecule has 1 aromatic heterocycles. The van der Waals surface area contributed by atoms with Crippen molar-refractivity contribution in [2.24, 2.45) is 5.92 Å². The van der Waals surface area contributed by atoms with Crippen LogP contribution in [0.1, 0.15) is 19.0 Å². The van der Waals surface area contributed by atoms with Gasteiger partial charge in [-0.1, -0.05) is 18.2 Å². The Morgan fingerprint density at radius 2 is 2.32 bits per heavy atom. The average Bonchev–Trinajstić information content (AvgIpc) is 3.07. The molecule has 0 bridgehead atoms. The summed E-state index contributed by atoms with van der Waals surface area (Å²) < 4.78 is 2.03. The minimum Gasteiger partial charge on any atom is -0.392 e. The summed E-state index contributed by atoms with van der Waals surface area (Å²) in [7, 11) is 0. The Morgan fingerprint density at radius 1 is 1.47 bits per heavy atom. The molecule has 1 aromatic carbocycles. The maximum Gasteiger partial charge on any atom is 0.0729 e. The highest BCUT2D eigenvalue weighted by atomic mass is 32.2. The van der Waals surface area contributed by atoms with Crippen LogP contribution < -0.4 is 0 Å². The minimum atomic E-state index is -0.251. The van der Waals surface area contributed by atoms with Crippen molar-refractivity contribution in [2.45, 2.75) is 32.4 Å². The van der Waals surface area contributed by atoms with Gasteiger partial charge in [0.1, 0.15) is 0 Å². The van der Waals surface area contributed by atoms with Gasteiger partial charge in [0.15, 0.2) is 0 Å². The number of aryl methyl sites for hydroxylation is 1. The van der Waals surface area contributed by atoms with Crippen molar-refractivity contribution in [2.75, 3.05) is 11.5 Å². The molecule has 4 heteroatoms. The normalized spacial score (nSPS) is 21.1. The average molecular weight is 276 g/mol. The van der Waals surface area contributed by atoms with E-state index in [9.17, 15) is 5.11 Å². The number of aliphatic hydroxyl groups excluding tert-OH is 1. The lowest BCUT2D eigenvalue weighted by Gasteiger charge is -2.15. The molecule has 3 rings (SSSR count). The second-order valence-electron chi connectivity index (χ2n) is 5.17. The fourth-order valence-electron chi connectivity index (χ4n) is 2.81. The molecule has 0 amide bonds. The first-order valence-corrected chi connectivity index (χ1v) is 8.15. The largest absolute Gasteiger partial charge is 0.392 e. The predicted octanol–water partition coefficient (Wildman–Crippen LogP) is 2.71. The quantitative estimate of drug-likeness (QED) is 0.933. The van der Waals surface area contributed by atoms with Crippen LogP contribution in [0, 0.1) is 5.92 Å². The van der Waals surface area contributed by atoms with E-state index in [0.29, 0.717) is 12.3 Å². The van der Waals surface area contributed by atoms with E-state index >= 15 is 0 Å². The van der Waals surface area contributed by atoms with E-state index in [1.54, 1.807) is 0 Å².